The number of thiophene rings is 1. The quantitative estimate of drug-likeness (QED) is 0.781. The van der Waals surface area contributed by atoms with Gasteiger partial charge in [0.2, 0.25) is 5.91 Å². The standard InChI is InChI=1S/C20H24N2O3S/c1-3-25-20(24)18-17(15-9-5-4-6-10-15)14(2)26-19(18)21-16(23)13-22-11-7-8-12-22/h4-6,9-10H,3,7-8,11-13H2,1-2H3,(H,21,23). The molecule has 1 amide bonds. The summed E-state index contributed by atoms with van der Waals surface area (Å²) >= 11 is 1.42. The molecule has 1 N–H and O–H groups in total. The van der Waals surface area contributed by atoms with E-state index in [1.807, 2.05) is 37.3 Å². The Bertz CT molecular complexity index is 780. The molecule has 1 saturated heterocycles. The molecule has 1 aromatic carbocycles. The van der Waals surface area contributed by atoms with Crippen molar-refractivity contribution in [3.8, 4) is 11.1 Å². The molecule has 1 aromatic heterocycles. The van der Waals surface area contributed by atoms with E-state index in [-0.39, 0.29) is 5.91 Å². The zero-order chi connectivity index (χ0) is 18.5. The van der Waals surface area contributed by atoms with Crippen molar-refractivity contribution in [2.45, 2.75) is 26.7 Å². The Morgan fingerprint density at radius 1 is 1.19 bits per heavy atom. The summed E-state index contributed by atoms with van der Waals surface area (Å²) in [5.74, 6) is -0.481. The fourth-order valence-corrected chi connectivity index (χ4v) is 4.37. The molecule has 0 unspecified atom stereocenters. The van der Waals surface area contributed by atoms with E-state index in [2.05, 4.69) is 10.2 Å². The average Bonchev–Trinajstić information content (AvgIpc) is 3.23. The molecule has 0 saturated carbocycles. The lowest BCUT2D eigenvalue weighted by molar-refractivity contribution is -0.117. The zero-order valence-electron chi connectivity index (χ0n) is 15.2. The Morgan fingerprint density at radius 2 is 1.88 bits per heavy atom. The highest BCUT2D eigenvalue weighted by Gasteiger charge is 2.26. The highest BCUT2D eigenvalue weighted by atomic mass is 32.1. The van der Waals surface area contributed by atoms with Crippen LogP contribution < -0.4 is 5.32 Å². The normalized spacial score (nSPS) is 14.4. The molecule has 1 aliphatic heterocycles. The summed E-state index contributed by atoms with van der Waals surface area (Å²) in [4.78, 5) is 28.2. The Hall–Kier alpha value is -2.18. The topological polar surface area (TPSA) is 58.6 Å². The number of nitrogens with one attached hydrogen (secondary N) is 1. The maximum atomic E-state index is 12.6. The van der Waals surface area contributed by atoms with E-state index < -0.39 is 5.97 Å². The largest absolute Gasteiger partial charge is 0.462 e. The van der Waals surface area contributed by atoms with E-state index in [4.69, 9.17) is 4.74 Å². The Kier molecular flexibility index (Phi) is 6.06. The van der Waals surface area contributed by atoms with E-state index in [1.165, 1.54) is 11.3 Å². The first kappa shape index (κ1) is 18.6. The summed E-state index contributed by atoms with van der Waals surface area (Å²) in [5, 5.41) is 3.52. The summed E-state index contributed by atoms with van der Waals surface area (Å²) < 4.78 is 5.27. The summed E-state index contributed by atoms with van der Waals surface area (Å²) in [6.07, 6.45) is 2.27. The molecule has 0 aliphatic carbocycles. The van der Waals surface area contributed by atoms with Crippen molar-refractivity contribution >= 4 is 28.2 Å². The van der Waals surface area contributed by atoms with Gasteiger partial charge in [-0.2, -0.15) is 0 Å². The number of anilines is 1. The number of rotatable bonds is 6. The van der Waals surface area contributed by atoms with Crippen LogP contribution in [-0.2, 0) is 9.53 Å². The third kappa shape index (κ3) is 4.14. The number of esters is 1. The fourth-order valence-electron chi connectivity index (χ4n) is 3.29. The van der Waals surface area contributed by atoms with Gasteiger partial charge in [-0.1, -0.05) is 30.3 Å². The van der Waals surface area contributed by atoms with Crippen molar-refractivity contribution in [2.75, 3.05) is 31.6 Å². The number of hydrogen-bond acceptors (Lipinski definition) is 5. The monoisotopic (exact) mass is 372 g/mol. The molecule has 26 heavy (non-hydrogen) atoms. The van der Waals surface area contributed by atoms with Gasteiger partial charge in [-0.05, 0) is 45.3 Å². The number of nitrogens with zero attached hydrogens (tertiary/aromatic N) is 1. The van der Waals surface area contributed by atoms with Gasteiger partial charge in [0.15, 0.2) is 0 Å². The minimum Gasteiger partial charge on any atom is -0.462 e. The molecular weight excluding hydrogens is 348 g/mol. The van der Waals surface area contributed by atoms with Crippen LogP contribution in [-0.4, -0.2) is 43.0 Å². The van der Waals surface area contributed by atoms with Crippen LogP contribution in [0.4, 0.5) is 5.00 Å². The number of amides is 1. The van der Waals surface area contributed by atoms with Crippen molar-refractivity contribution in [2.24, 2.45) is 0 Å². The van der Waals surface area contributed by atoms with E-state index in [0.29, 0.717) is 23.7 Å². The number of aryl methyl sites for hydroxylation is 1. The van der Waals surface area contributed by atoms with E-state index >= 15 is 0 Å². The minimum atomic E-state index is -0.396. The maximum absolute atomic E-state index is 12.6. The maximum Gasteiger partial charge on any atom is 0.341 e. The van der Waals surface area contributed by atoms with Crippen LogP contribution in [0.25, 0.3) is 11.1 Å². The van der Waals surface area contributed by atoms with Crippen molar-refractivity contribution in [1.82, 2.24) is 4.90 Å². The molecule has 3 rings (SSSR count). The lowest BCUT2D eigenvalue weighted by Crippen LogP contribution is -2.31. The Balaban J connectivity index is 1.91. The highest BCUT2D eigenvalue weighted by Crippen LogP contribution is 2.40. The second-order valence-corrected chi connectivity index (χ2v) is 7.58. The zero-order valence-corrected chi connectivity index (χ0v) is 16.0. The van der Waals surface area contributed by atoms with Gasteiger partial charge in [-0.15, -0.1) is 11.3 Å². The summed E-state index contributed by atoms with van der Waals surface area (Å²) in [7, 11) is 0. The van der Waals surface area contributed by atoms with Crippen LogP contribution in [0.1, 0.15) is 35.0 Å². The van der Waals surface area contributed by atoms with Crippen LogP contribution in [0.3, 0.4) is 0 Å². The number of benzene rings is 1. The molecule has 2 heterocycles. The first-order valence-corrected chi connectivity index (χ1v) is 9.80. The second kappa shape index (κ2) is 8.47. The molecule has 0 bridgehead atoms. The number of carbonyl (C=O) groups is 2. The van der Waals surface area contributed by atoms with Crippen molar-refractivity contribution < 1.29 is 14.3 Å². The Labute approximate surface area is 158 Å². The molecule has 1 fully saturated rings. The first-order chi connectivity index (χ1) is 12.6. The third-order valence-electron chi connectivity index (χ3n) is 4.45. The van der Waals surface area contributed by atoms with E-state index in [1.54, 1.807) is 6.92 Å². The van der Waals surface area contributed by atoms with Gasteiger partial charge in [-0.3, -0.25) is 9.69 Å². The van der Waals surface area contributed by atoms with Crippen LogP contribution in [0, 0.1) is 6.92 Å². The van der Waals surface area contributed by atoms with Crippen LogP contribution in [0.2, 0.25) is 0 Å². The highest BCUT2D eigenvalue weighted by molar-refractivity contribution is 7.17. The van der Waals surface area contributed by atoms with Crippen LogP contribution in [0.15, 0.2) is 30.3 Å². The van der Waals surface area contributed by atoms with Gasteiger partial charge in [0.1, 0.15) is 10.6 Å². The lowest BCUT2D eigenvalue weighted by Gasteiger charge is -2.14. The number of likely N-dealkylation sites (tertiary alicyclic amines) is 1. The van der Waals surface area contributed by atoms with Crippen LogP contribution in [0.5, 0.6) is 0 Å². The molecule has 1 aliphatic rings. The smallest absolute Gasteiger partial charge is 0.341 e. The van der Waals surface area contributed by atoms with Crippen molar-refractivity contribution in [3.05, 3.63) is 40.8 Å². The second-order valence-electron chi connectivity index (χ2n) is 6.36. The molecule has 0 spiro atoms. The number of ether oxygens (including phenoxy) is 1. The van der Waals surface area contributed by atoms with Gasteiger partial charge in [0.25, 0.3) is 0 Å². The molecule has 5 nitrogen and oxygen atoms in total. The number of hydrogen-bond donors (Lipinski definition) is 1. The van der Waals surface area contributed by atoms with E-state index in [9.17, 15) is 9.59 Å². The number of carbonyl (C=O) groups excluding carboxylic acids is 2. The fraction of sp³-hybridized carbons (Fsp3) is 0.400. The predicted molar refractivity (Wildman–Crippen MR) is 105 cm³/mol. The Morgan fingerprint density at radius 3 is 2.54 bits per heavy atom. The van der Waals surface area contributed by atoms with Crippen molar-refractivity contribution in [1.29, 1.82) is 0 Å². The summed E-state index contributed by atoms with van der Waals surface area (Å²) in [6.45, 7) is 6.31. The molecular formula is C20H24N2O3S. The van der Waals surface area contributed by atoms with Gasteiger partial charge in [0.05, 0.1) is 13.2 Å². The SMILES string of the molecule is CCOC(=O)c1c(NC(=O)CN2CCCC2)sc(C)c1-c1ccccc1. The summed E-state index contributed by atoms with van der Waals surface area (Å²) in [6, 6.07) is 9.75. The van der Waals surface area contributed by atoms with Gasteiger partial charge in [-0.25, -0.2) is 4.79 Å². The van der Waals surface area contributed by atoms with Gasteiger partial charge in [0, 0.05) is 10.4 Å². The first-order valence-electron chi connectivity index (χ1n) is 8.98. The molecule has 2 aromatic rings. The van der Waals surface area contributed by atoms with Crippen LogP contribution >= 0.6 is 11.3 Å². The van der Waals surface area contributed by atoms with E-state index in [0.717, 1.165) is 41.9 Å². The lowest BCUT2D eigenvalue weighted by atomic mass is 10.0. The average molecular weight is 372 g/mol. The molecule has 0 atom stereocenters. The minimum absolute atomic E-state index is 0.0849. The molecule has 138 valence electrons. The molecule has 0 radical (unpaired) electrons. The van der Waals surface area contributed by atoms with Gasteiger partial charge < -0.3 is 10.1 Å². The predicted octanol–water partition coefficient (Wildman–Crippen LogP) is 3.93. The van der Waals surface area contributed by atoms with Gasteiger partial charge >= 0.3 is 5.97 Å². The van der Waals surface area contributed by atoms with Crippen molar-refractivity contribution in [3.63, 3.8) is 0 Å². The molecule has 6 heteroatoms. The summed E-state index contributed by atoms with van der Waals surface area (Å²) in [5.41, 5.74) is 2.24. The third-order valence-corrected chi connectivity index (χ3v) is 5.47.